The van der Waals surface area contributed by atoms with Crippen molar-refractivity contribution in [1.29, 1.82) is 0 Å². The number of nitrogens with one attached hydrogen (secondary N) is 2. The minimum absolute atomic E-state index is 0. The Labute approximate surface area is 186 Å². The van der Waals surface area contributed by atoms with Crippen LogP contribution in [0.4, 0.5) is 4.39 Å². The molecule has 1 atom stereocenters. The number of benzene rings is 1. The predicted octanol–water partition coefficient (Wildman–Crippen LogP) is 3.16. The Morgan fingerprint density at radius 2 is 2.03 bits per heavy atom. The number of aliphatic imine (C=N–C) groups is 1. The lowest BCUT2D eigenvalue weighted by molar-refractivity contribution is 0.214. The first-order chi connectivity index (χ1) is 13.7. The second-order valence-electron chi connectivity index (χ2n) is 6.14. The Hall–Kier alpha value is -2.69. The first kappa shape index (κ1) is 22.6. The summed E-state index contributed by atoms with van der Waals surface area (Å²) in [5, 5.41) is 10.6. The summed E-state index contributed by atoms with van der Waals surface area (Å²) in [6.45, 7) is 2.91. The minimum Gasteiger partial charge on any atom is -0.486 e. The molecule has 0 amide bonds. The van der Waals surface area contributed by atoms with E-state index in [2.05, 4.69) is 25.7 Å². The van der Waals surface area contributed by atoms with Gasteiger partial charge in [-0.25, -0.2) is 14.1 Å². The molecule has 0 aliphatic heterocycles. The lowest BCUT2D eigenvalue weighted by atomic mass is 10.2. The van der Waals surface area contributed by atoms with Crippen molar-refractivity contribution in [2.24, 2.45) is 4.99 Å². The molecule has 0 bridgehead atoms. The van der Waals surface area contributed by atoms with E-state index in [1.54, 1.807) is 42.3 Å². The molecule has 1 aromatic carbocycles. The quantitative estimate of drug-likeness (QED) is 0.290. The van der Waals surface area contributed by atoms with Crippen molar-refractivity contribution in [2.45, 2.75) is 19.6 Å². The van der Waals surface area contributed by atoms with Crippen LogP contribution in [-0.4, -0.2) is 40.4 Å². The predicted molar refractivity (Wildman–Crippen MR) is 121 cm³/mol. The van der Waals surface area contributed by atoms with Crippen molar-refractivity contribution >= 4 is 29.9 Å². The monoisotopic (exact) mass is 510 g/mol. The van der Waals surface area contributed by atoms with Gasteiger partial charge in [0.25, 0.3) is 0 Å². The number of aromatic nitrogens is 3. The van der Waals surface area contributed by atoms with Gasteiger partial charge in [-0.1, -0.05) is 12.1 Å². The average molecular weight is 510 g/mol. The van der Waals surface area contributed by atoms with Gasteiger partial charge in [0.1, 0.15) is 6.10 Å². The topological polar surface area (TPSA) is 76.4 Å². The molecule has 0 saturated carbocycles. The SMILES string of the molecule is CN=C(NCc1ccnc(-n2cccn2)c1)NCC(C)Oc1ccccc1F.I. The number of hydrogen-bond acceptors (Lipinski definition) is 4. The van der Waals surface area contributed by atoms with E-state index in [0.717, 1.165) is 11.4 Å². The highest BCUT2D eigenvalue weighted by atomic mass is 127. The van der Waals surface area contributed by atoms with Crippen LogP contribution < -0.4 is 15.4 Å². The highest BCUT2D eigenvalue weighted by Gasteiger charge is 2.09. The summed E-state index contributed by atoms with van der Waals surface area (Å²) >= 11 is 0. The Bertz CT molecular complexity index is 919. The largest absolute Gasteiger partial charge is 0.486 e. The number of hydrogen-bond donors (Lipinski definition) is 2. The van der Waals surface area contributed by atoms with Crippen LogP contribution in [0.15, 0.2) is 66.0 Å². The Morgan fingerprint density at radius 3 is 2.76 bits per heavy atom. The molecule has 0 aliphatic carbocycles. The maximum atomic E-state index is 13.7. The standard InChI is InChI=1S/C20H23FN6O.HI/c1-15(28-18-7-4-3-6-17(18)21)13-24-20(22-2)25-14-16-8-10-23-19(12-16)27-11-5-9-26-27;/h3-12,15H,13-14H2,1-2H3,(H2,22,24,25);1H. The van der Waals surface area contributed by atoms with Gasteiger partial charge in [0.05, 0.1) is 6.54 Å². The second-order valence-corrected chi connectivity index (χ2v) is 6.14. The van der Waals surface area contributed by atoms with Gasteiger partial charge in [-0.15, -0.1) is 24.0 Å². The molecule has 2 heterocycles. The van der Waals surface area contributed by atoms with Gasteiger partial charge in [-0.2, -0.15) is 5.10 Å². The summed E-state index contributed by atoms with van der Waals surface area (Å²) in [5.74, 6) is 1.24. The van der Waals surface area contributed by atoms with Crippen molar-refractivity contribution < 1.29 is 9.13 Å². The van der Waals surface area contributed by atoms with E-state index >= 15 is 0 Å². The molecule has 2 N–H and O–H groups in total. The highest BCUT2D eigenvalue weighted by Crippen LogP contribution is 2.16. The van der Waals surface area contributed by atoms with Gasteiger partial charge in [0.15, 0.2) is 23.3 Å². The number of para-hydroxylation sites is 1. The number of ether oxygens (including phenoxy) is 1. The molecule has 9 heteroatoms. The Morgan fingerprint density at radius 1 is 1.21 bits per heavy atom. The molecule has 2 aromatic heterocycles. The van der Waals surface area contributed by atoms with E-state index in [0.29, 0.717) is 19.0 Å². The lowest BCUT2D eigenvalue weighted by Gasteiger charge is -2.18. The fraction of sp³-hybridized carbons (Fsp3) is 0.250. The van der Waals surface area contributed by atoms with Crippen LogP contribution in [-0.2, 0) is 6.54 Å². The summed E-state index contributed by atoms with van der Waals surface area (Å²) in [7, 11) is 1.69. The average Bonchev–Trinajstić information content (AvgIpc) is 3.25. The third kappa shape index (κ3) is 6.70. The molecular formula is C20H24FIN6O. The van der Waals surface area contributed by atoms with Crippen molar-refractivity contribution in [3.63, 3.8) is 0 Å². The summed E-state index contributed by atoms with van der Waals surface area (Å²) in [6, 6.07) is 12.1. The molecule has 7 nitrogen and oxygen atoms in total. The molecule has 0 radical (unpaired) electrons. The van der Waals surface area contributed by atoms with Crippen LogP contribution in [0.1, 0.15) is 12.5 Å². The fourth-order valence-electron chi connectivity index (χ4n) is 2.55. The number of guanidine groups is 1. The lowest BCUT2D eigenvalue weighted by Crippen LogP contribution is -2.41. The molecule has 1 unspecified atom stereocenters. The number of rotatable bonds is 7. The molecule has 154 valence electrons. The highest BCUT2D eigenvalue weighted by molar-refractivity contribution is 14.0. The Balaban J connectivity index is 0.00000300. The zero-order valence-electron chi connectivity index (χ0n) is 16.2. The van der Waals surface area contributed by atoms with E-state index in [-0.39, 0.29) is 41.6 Å². The first-order valence-corrected chi connectivity index (χ1v) is 8.96. The second kappa shape index (κ2) is 11.3. The van der Waals surface area contributed by atoms with Crippen LogP contribution >= 0.6 is 24.0 Å². The van der Waals surface area contributed by atoms with E-state index in [9.17, 15) is 4.39 Å². The van der Waals surface area contributed by atoms with Crippen molar-refractivity contribution in [1.82, 2.24) is 25.4 Å². The summed E-state index contributed by atoms with van der Waals surface area (Å²) < 4.78 is 21.0. The van der Waals surface area contributed by atoms with Crippen LogP contribution in [0.2, 0.25) is 0 Å². The molecular weight excluding hydrogens is 486 g/mol. The van der Waals surface area contributed by atoms with E-state index < -0.39 is 0 Å². The van der Waals surface area contributed by atoms with Gasteiger partial charge >= 0.3 is 0 Å². The molecule has 0 aliphatic rings. The molecule has 3 rings (SSSR count). The smallest absolute Gasteiger partial charge is 0.191 e. The summed E-state index contributed by atoms with van der Waals surface area (Å²) in [6.07, 6.45) is 5.07. The number of pyridine rings is 1. The maximum absolute atomic E-state index is 13.7. The molecule has 0 spiro atoms. The molecule has 3 aromatic rings. The summed E-state index contributed by atoms with van der Waals surface area (Å²) in [5.41, 5.74) is 1.04. The molecule has 0 fully saturated rings. The number of halogens is 2. The van der Waals surface area contributed by atoms with Gasteiger partial charge < -0.3 is 15.4 Å². The first-order valence-electron chi connectivity index (χ1n) is 8.96. The van der Waals surface area contributed by atoms with Gasteiger partial charge in [0.2, 0.25) is 0 Å². The van der Waals surface area contributed by atoms with Crippen LogP contribution in [0.5, 0.6) is 5.75 Å². The Kier molecular flexibility index (Phi) is 8.84. The third-order valence-electron chi connectivity index (χ3n) is 3.95. The van der Waals surface area contributed by atoms with E-state index in [1.807, 2.05) is 31.3 Å². The van der Waals surface area contributed by atoms with Crippen molar-refractivity contribution in [3.8, 4) is 11.6 Å². The van der Waals surface area contributed by atoms with Crippen LogP contribution in [0, 0.1) is 5.82 Å². The zero-order valence-corrected chi connectivity index (χ0v) is 18.6. The van der Waals surface area contributed by atoms with Crippen molar-refractivity contribution in [3.05, 3.63) is 72.4 Å². The van der Waals surface area contributed by atoms with Gasteiger partial charge in [0, 0.05) is 32.2 Å². The normalized spacial score (nSPS) is 12.0. The minimum atomic E-state index is -0.373. The van der Waals surface area contributed by atoms with Gasteiger partial charge in [-0.3, -0.25) is 4.99 Å². The van der Waals surface area contributed by atoms with Crippen molar-refractivity contribution in [2.75, 3.05) is 13.6 Å². The van der Waals surface area contributed by atoms with Crippen LogP contribution in [0.25, 0.3) is 5.82 Å². The maximum Gasteiger partial charge on any atom is 0.191 e. The van der Waals surface area contributed by atoms with Crippen LogP contribution in [0.3, 0.4) is 0 Å². The van der Waals surface area contributed by atoms with Gasteiger partial charge in [-0.05, 0) is 42.8 Å². The summed E-state index contributed by atoms with van der Waals surface area (Å²) in [4.78, 5) is 8.52. The fourth-order valence-corrected chi connectivity index (χ4v) is 2.55. The van der Waals surface area contributed by atoms with E-state index in [4.69, 9.17) is 4.74 Å². The van der Waals surface area contributed by atoms with E-state index in [1.165, 1.54) is 6.07 Å². The number of nitrogens with zero attached hydrogens (tertiary/aromatic N) is 4. The molecule has 29 heavy (non-hydrogen) atoms. The zero-order chi connectivity index (χ0) is 19.8. The third-order valence-corrected chi connectivity index (χ3v) is 3.95. The molecule has 0 saturated heterocycles.